The van der Waals surface area contributed by atoms with Gasteiger partial charge >= 0.3 is 0 Å². The Morgan fingerprint density at radius 3 is 2.85 bits per heavy atom. The van der Waals surface area contributed by atoms with Crippen LogP contribution >= 0.6 is 34.3 Å². The lowest BCUT2D eigenvalue weighted by Gasteiger charge is -2.20. The summed E-state index contributed by atoms with van der Waals surface area (Å²) >= 11 is 8.67. The first-order valence-electron chi connectivity index (χ1n) is 10.8. The van der Waals surface area contributed by atoms with Gasteiger partial charge in [0.15, 0.2) is 0 Å². The third-order valence-corrected chi connectivity index (χ3v) is 7.55. The number of carbonyl (C=O) groups excluding carboxylic acids is 2. The lowest BCUT2D eigenvalue weighted by molar-refractivity contribution is -0.118. The van der Waals surface area contributed by atoms with Gasteiger partial charge < -0.3 is 10.6 Å². The molecule has 0 radical (unpaired) electrons. The highest BCUT2D eigenvalue weighted by Crippen LogP contribution is 2.29. The first-order chi connectivity index (χ1) is 16.0. The van der Waals surface area contributed by atoms with Crippen LogP contribution in [0.15, 0.2) is 29.9 Å². The van der Waals surface area contributed by atoms with Crippen molar-refractivity contribution >= 4 is 56.9 Å². The second kappa shape index (κ2) is 11.0. The molecule has 0 spiro atoms. The van der Waals surface area contributed by atoms with E-state index in [0.717, 1.165) is 29.1 Å². The van der Waals surface area contributed by atoms with Crippen molar-refractivity contribution in [2.24, 2.45) is 5.92 Å². The lowest BCUT2D eigenvalue weighted by Crippen LogP contribution is -2.44. The SMILES string of the molecule is Cc1ncc(Cl)cc1NCc1ccc(C(=O)NC(CC2CCCC2)C(=O)Nc2nncs2)s1. The van der Waals surface area contributed by atoms with Gasteiger partial charge in [-0.15, -0.1) is 21.5 Å². The number of carbonyl (C=O) groups is 2. The minimum Gasteiger partial charge on any atom is -0.379 e. The van der Waals surface area contributed by atoms with E-state index in [0.29, 0.717) is 33.9 Å². The van der Waals surface area contributed by atoms with Crippen molar-refractivity contribution < 1.29 is 9.59 Å². The smallest absolute Gasteiger partial charge is 0.262 e. The first-order valence-corrected chi connectivity index (χ1v) is 12.9. The minimum absolute atomic E-state index is 0.248. The fourth-order valence-electron chi connectivity index (χ4n) is 3.92. The third kappa shape index (κ3) is 6.49. The van der Waals surface area contributed by atoms with Crippen molar-refractivity contribution in [2.45, 2.75) is 51.6 Å². The maximum absolute atomic E-state index is 13.0. The number of nitrogens with zero attached hydrogens (tertiary/aromatic N) is 3. The number of aromatic nitrogens is 3. The van der Waals surface area contributed by atoms with Gasteiger partial charge in [0.2, 0.25) is 11.0 Å². The van der Waals surface area contributed by atoms with Crippen LogP contribution in [0.5, 0.6) is 0 Å². The molecule has 1 fully saturated rings. The van der Waals surface area contributed by atoms with E-state index in [9.17, 15) is 9.59 Å². The van der Waals surface area contributed by atoms with Crippen molar-refractivity contribution in [2.75, 3.05) is 10.6 Å². The van der Waals surface area contributed by atoms with Gasteiger partial charge in [0.1, 0.15) is 11.6 Å². The van der Waals surface area contributed by atoms with Crippen LogP contribution in [0.4, 0.5) is 10.8 Å². The van der Waals surface area contributed by atoms with Gasteiger partial charge in [-0.2, -0.15) is 0 Å². The van der Waals surface area contributed by atoms with Crippen molar-refractivity contribution in [1.29, 1.82) is 0 Å². The summed E-state index contributed by atoms with van der Waals surface area (Å²) in [5, 5.41) is 17.6. The second-order valence-electron chi connectivity index (χ2n) is 8.05. The molecule has 11 heteroatoms. The lowest BCUT2D eigenvalue weighted by atomic mass is 9.97. The van der Waals surface area contributed by atoms with E-state index < -0.39 is 6.04 Å². The van der Waals surface area contributed by atoms with Crippen LogP contribution in [0, 0.1) is 12.8 Å². The molecule has 0 bridgehead atoms. The average molecular weight is 505 g/mol. The summed E-state index contributed by atoms with van der Waals surface area (Å²) in [5.74, 6) is -0.0650. The number of pyridine rings is 1. The molecule has 3 N–H and O–H groups in total. The summed E-state index contributed by atoms with van der Waals surface area (Å²) in [6, 6.07) is 4.91. The predicted molar refractivity (Wildman–Crippen MR) is 132 cm³/mol. The zero-order valence-electron chi connectivity index (χ0n) is 18.1. The number of rotatable bonds is 9. The van der Waals surface area contributed by atoms with Crippen LogP contribution in [0.3, 0.4) is 0 Å². The molecule has 174 valence electrons. The molecule has 0 aromatic carbocycles. The molecule has 3 heterocycles. The second-order valence-corrected chi connectivity index (χ2v) is 10.5. The van der Waals surface area contributed by atoms with Crippen LogP contribution in [0.1, 0.15) is 52.3 Å². The Bertz CT molecular complexity index is 1100. The maximum Gasteiger partial charge on any atom is 0.262 e. The average Bonchev–Trinajstić information content (AvgIpc) is 3.57. The van der Waals surface area contributed by atoms with Crippen molar-refractivity contribution in [3.05, 3.63) is 50.4 Å². The Morgan fingerprint density at radius 2 is 2.09 bits per heavy atom. The largest absolute Gasteiger partial charge is 0.379 e. The van der Waals surface area contributed by atoms with E-state index in [1.807, 2.05) is 19.1 Å². The van der Waals surface area contributed by atoms with Crippen LogP contribution < -0.4 is 16.0 Å². The zero-order chi connectivity index (χ0) is 23.2. The fourth-order valence-corrected chi connectivity index (χ4v) is 5.38. The summed E-state index contributed by atoms with van der Waals surface area (Å²) in [4.78, 5) is 31.6. The molecule has 8 nitrogen and oxygen atoms in total. The van der Waals surface area contributed by atoms with Crippen LogP contribution in [0.25, 0.3) is 0 Å². The highest BCUT2D eigenvalue weighted by atomic mass is 35.5. The number of thiophene rings is 1. The van der Waals surface area contributed by atoms with Crippen LogP contribution in [0.2, 0.25) is 5.02 Å². The molecule has 1 saturated carbocycles. The van der Waals surface area contributed by atoms with Gasteiger partial charge in [0, 0.05) is 17.6 Å². The molecule has 0 aliphatic heterocycles. The van der Waals surface area contributed by atoms with Crippen molar-refractivity contribution in [1.82, 2.24) is 20.5 Å². The van der Waals surface area contributed by atoms with E-state index in [1.54, 1.807) is 17.8 Å². The quantitative estimate of drug-likeness (QED) is 0.383. The van der Waals surface area contributed by atoms with E-state index in [1.165, 1.54) is 35.5 Å². The Kier molecular flexibility index (Phi) is 7.89. The number of amides is 2. The molecule has 33 heavy (non-hydrogen) atoms. The Balaban J connectivity index is 1.39. The fraction of sp³-hybridized carbons (Fsp3) is 0.409. The van der Waals surface area contributed by atoms with Crippen LogP contribution in [-0.4, -0.2) is 33.0 Å². The van der Waals surface area contributed by atoms with E-state index in [-0.39, 0.29) is 11.8 Å². The molecule has 1 unspecified atom stereocenters. The molecule has 1 aliphatic carbocycles. The normalized spacial score (nSPS) is 14.7. The molecule has 3 aromatic rings. The van der Waals surface area contributed by atoms with E-state index >= 15 is 0 Å². The molecule has 0 saturated heterocycles. The van der Waals surface area contributed by atoms with Gasteiger partial charge in [-0.1, -0.05) is 48.6 Å². The highest BCUT2D eigenvalue weighted by Gasteiger charge is 2.28. The number of aryl methyl sites for hydroxylation is 1. The molecule has 2 amide bonds. The van der Waals surface area contributed by atoms with E-state index in [2.05, 4.69) is 31.1 Å². The highest BCUT2D eigenvalue weighted by molar-refractivity contribution is 7.14. The summed E-state index contributed by atoms with van der Waals surface area (Å²) < 4.78 is 0. The predicted octanol–water partition coefficient (Wildman–Crippen LogP) is 4.89. The minimum atomic E-state index is -0.617. The summed E-state index contributed by atoms with van der Waals surface area (Å²) in [7, 11) is 0. The number of halogens is 1. The molecule has 3 aromatic heterocycles. The third-order valence-electron chi connectivity index (χ3n) is 5.65. The van der Waals surface area contributed by atoms with E-state index in [4.69, 9.17) is 11.6 Å². The molecule has 1 aliphatic rings. The molecule has 4 rings (SSSR count). The number of hydrogen-bond donors (Lipinski definition) is 3. The number of anilines is 2. The summed E-state index contributed by atoms with van der Waals surface area (Å²) in [5.41, 5.74) is 3.26. The van der Waals surface area contributed by atoms with Gasteiger partial charge in [0.05, 0.1) is 21.3 Å². The Hall–Kier alpha value is -2.56. The van der Waals surface area contributed by atoms with Crippen LogP contribution in [-0.2, 0) is 11.3 Å². The van der Waals surface area contributed by atoms with Crippen molar-refractivity contribution in [3.63, 3.8) is 0 Å². The Labute approximate surface area is 205 Å². The zero-order valence-corrected chi connectivity index (χ0v) is 20.5. The molecular weight excluding hydrogens is 480 g/mol. The van der Waals surface area contributed by atoms with Gasteiger partial charge in [-0.3, -0.25) is 19.9 Å². The summed E-state index contributed by atoms with van der Waals surface area (Å²) in [6.07, 6.45) is 6.75. The number of hydrogen-bond acceptors (Lipinski definition) is 8. The maximum atomic E-state index is 13.0. The Morgan fingerprint density at radius 1 is 1.27 bits per heavy atom. The topological polar surface area (TPSA) is 109 Å². The standard InChI is InChI=1S/C22H25ClN6O2S2/c1-13-17(9-15(23)10-24-13)25-11-16-6-7-19(33-16)21(31)27-18(8-14-4-2-3-5-14)20(30)28-22-29-26-12-32-22/h6-7,9-10,12,14,18,25H,2-5,8,11H2,1H3,(H,27,31)(H,28,29,30). The van der Waals surface area contributed by atoms with Gasteiger partial charge in [-0.05, 0) is 37.5 Å². The molecular formula is C22H25ClN6O2S2. The van der Waals surface area contributed by atoms with Gasteiger partial charge in [0.25, 0.3) is 5.91 Å². The monoisotopic (exact) mass is 504 g/mol. The van der Waals surface area contributed by atoms with Gasteiger partial charge in [-0.25, -0.2) is 0 Å². The number of nitrogens with one attached hydrogen (secondary N) is 3. The summed E-state index contributed by atoms with van der Waals surface area (Å²) in [6.45, 7) is 2.45. The van der Waals surface area contributed by atoms with Crippen molar-refractivity contribution in [3.8, 4) is 0 Å². The first kappa shape index (κ1) is 23.6. The molecule has 1 atom stereocenters.